The third kappa shape index (κ3) is 1.13. The van der Waals surface area contributed by atoms with Gasteiger partial charge in [-0.1, -0.05) is 24.6 Å². The molecule has 0 saturated heterocycles. The first-order valence-electron chi connectivity index (χ1n) is 3.62. The summed E-state index contributed by atoms with van der Waals surface area (Å²) < 4.78 is 13.1. The van der Waals surface area contributed by atoms with Crippen LogP contribution in [-0.2, 0) is 0 Å². The summed E-state index contributed by atoms with van der Waals surface area (Å²) in [6, 6.07) is 0. The van der Waals surface area contributed by atoms with E-state index in [1.54, 1.807) is 0 Å². The van der Waals surface area contributed by atoms with E-state index < -0.39 is 6.17 Å². The first kappa shape index (κ1) is 7.52. The second-order valence-electron chi connectivity index (χ2n) is 3.01. The SMILES string of the molecule is CC1=CC=C(C)C(F)C1C. The fourth-order valence-corrected chi connectivity index (χ4v) is 1.13. The zero-order chi connectivity index (χ0) is 7.72. The van der Waals surface area contributed by atoms with Gasteiger partial charge < -0.3 is 0 Å². The maximum atomic E-state index is 13.1. The molecule has 1 rings (SSSR count). The van der Waals surface area contributed by atoms with Crippen molar-refractivity contribution >= 4 is 0 Å². The number of alkyl halides is 1. The smallest absolute Gasteiger partial charge is 0.127 e. The molecule has 0 radical (unpaired) electrons. The fraction of sp³-hybridized carbons (Fsp3) is 0.556. The van der Waals surface area contributed by atoms with Crippen LogP contribution in [0.15, 0.2) is 23.3 Å². The maximum Gasteiger partial charge on any atom is 0.127 e. The molecule has 0 saturated carbocycles. The molecule has 0 spiro atoms. The van der Waals surface area contributed by atoms with Crippen molar-refractivity contribution in [2.24, 2.45) is 5.92 Å². The Hall–Kier alpha value is -0.590. The molecule has 0 aliphatic heterocycles. The quantitative estimate of drug-likeness (QED) is 0.485. The van der Waals surface area contributed by atoms with Crippen LogP contribution in [-0.4, -0.2) is 6.17 Å². The Kier molecular flexibility index (Phi) is 1.93. The fourth-order valence-electron chi connectivity index (χ4n) is 1.13. The minimum Gasteiger partial charge on any atom is -0.242 e. The molecule has 0 fully saturated rings. The molecular formula is C9H13F. The van der Waals surface area contributed by atoms with Crippen molar-refractivity contribution in [3.05, 3.63) is 23.3 Å². The molecular weight excluding hydrogens is 127 g/mol. The van der Waals surface area contributed by atoms with Crippen LogP contribution in [0, 0.1) is 5.92 Å². The van der Waals surface area contributed by atoms with Gasteiger partial charge in [-0.05, 0) is 19.4 Å². The molecule has 0 amide bonds. The minimum atomic E-state index is -0.759. The van der Waals surface area contributed by atoms with E-state index in [9.17, 15) is 4.39 Å². The van der Waals surface area contributed by atoms with Gasteiger partial charge in [0, 0.05) is 5.92 Å². The number of rotatable bonds is 0. The van der Waals surface area contributed by atoms with Gasteiger partial charge in [0.2, 0.25) is 0 Å². The topological polar surface area (TPSA) is 0 Å². The monoisotopic (exact) mass is 140 g/mol. The van der Waals surface area contributed by atoms with Crippen molar-refractivity contribution in [2.75, 3.05) is 0 Å². The van der Waals surface area contributed by atoms with Crippen LogP contribution in [0.1, 0.15) is 20.8 Å². The zero-order valence-corrected chi connectivity index (χ0v) is 6.69. The van der Waals surface area contributed by atoms with E-state index in [2.05, 4.69) is 0 Å². The standard InChI is InChI=1S/C9H13F/c1-6-4-5-7(2)9(10)8(6)3/h4-5,8-9H,1-3H3. The van der Waals surface area contributed by atoms with Gasteiger partial charge in [-0.25, -0.2) is 4.39 Å². The molecule has 0 aromatic rings. The van der Waals surface area contributed by atoms with Crippen molar-refractivity contribution < 1.29 is 4.39 Å². The van der Waals surface area contributed by atoms with Gasteiger partial charge in [-0.15, -0.1) is 0 Å². The molecule has 0 nitrogen and oxygen atoms in total. The van der Waals surface area contributed by atoms with Gasteiger partial charge >= 0.3 is 0 Å². The van der Waals surface area contributed by atoms with Crippen LogP contribution in [0.3, 0.4) is 0 Å². The van der Waals surface area contributed by atoms with Crippen LogP contribution in [0.5, 0.6) is 0 Å². The summed E-state index contributed by atoms with van der Waals surface area (Å²) in [7, 11) is 0. The Morgan fingerprint density at radius 1 is 1.20 bits per heavy atom. The average Bonchev–Trinajstić information content (AvgIpc) is 1.93. The molecule has 1 aliphatic rings. The van der Waals surface area contributed by atoms with E-state index >= 15 is 0 Å². The van der Waals surface area contributed by atoms with Crippen LogP contribution < -0.4 is 0 Å². The Labute approximate surface area is 61.4 Å². The molecule has 0 aromatic carbocycles. The molecule has 0 heterocycles. The van der Waals surface area contributed by atoms with Crippen molar-refractivity contribution in [3.8, 4) is 0 Å². The lowest BCUT2D eigenvalue weighted by Gasteiger charge is -2.21. The van der Waals surface area contributed by atoms with E-state index in [1.165, 1.54) is 0 Å². The van der Waals surface area contributed by atoms with Gasteiger partial charge in [-0.2, -0.15) is 0 Å². The van der Waals surface area contributed by atoms with Crippen LogP contribution >= 0.6 is 0 Å². The van der Waals surface area contributed by atoms with Gasteiger partial charge in [0.1, 0.15) is 6.17 Å². The van der Waals surface area contributed by atoms with E-state index in [0.29, 0.717) is 0 Å². The van der Waals surface area contributed by atoms with Crippen molar-refractivity contribution in [2.45, 2.75) is 26.9 Å². The second kappa shape index (κ2) is 2.57. The van der Waals surface area contributed by atoms with Gasteiger partial charge in [-0.3, -0.25) is 0 Å². The number of allylic oxidation sites excluding steroid dienone is 4. The molecule has 2 atom stereocenters. The van der Waals surface area contributed by atoms with Crippen molar-refractivity contribution in [1.82, 2.24) is 0 Å². The number of halogens is 1. The van der Waals surface area contributed by atoms with Crippen molar-refractivity contribution in [1.29, 1.82) is 0 Å². The Morgan fingerprint density at radius 2 is 1.70 bits per heavy atom. The van der Waals surface area contributed by atoms with Gasteiger partial charge in [0.15, 0.2) is 0 Å². The predicted molar refractivity (Wildman–Crippen MR) is 41.6 cm³/mol. The molecule has 2 unspecified atom stereocenters. The van der Waals surface area contributed by atoms with Crippen LogP contribution in [0.4, 0.5) is 4.39 Å². The summed E-state index contributed by atoms with van der Waals surface area (Å²) in [4.78, 5) is 0. The summed E-state index contributed by atoms with van der Waals surface area (Å²) in [5.74, 6) is 0.0741. The molecule has 0 N–H and O–H groups in total. The Bertz CT molecular complexity index is 167. The highest BCUT2D eigenvalue weighted by atomic mass is 19.1. The van der Waals surface area contributed by atoms with E-state index in [-0.39, 0.29) is 5.92 Å². The highest BCUT2D eigenvalue weighted by Gasteiger charge is 2.21. The van der Waals surface area contributed by atoms with Gasteiger partial charge in [0.05, 0.1) is 0 Å². The van der Waals surface area contributed by atoms with E-state index in [4.69, 9.17) is 0 Å². The third-order valence-corrected chi connectivity index (χ3v) is 2.20. The molecule has 0 bridgehead atoms. The minimum absolute atomic E-state index is 0.0741. The third-order valence-electron chi connectivity index (χ3n) is 2.20. The summed E-state index contributed by atoms with van der Waals surface area (Å²) >= 11 is 0. The predicted octanol–water partition coefficient (Wildman–Crippen LogP) is 2.87. The van der Waals surface area contributed by atoms with Crippen LogP contribution in [0.25, 0.3) is 0 Å². The Morgan fingerprint density at radius 3 is 2.20 bits per heavy atom. The zero-order valence-electron chi connectivity index (χ0n) is 6.69. The van der Waals surface area contributed by atoms with Gasteiger partial charge in [0.25, 0.3) is 0 Å². The van der Waals surface area contributed by atoms with Crippen LogP contribution in [0.2, 0.25) is 0 Å². The number of hydrogen-bond acceptors (Lipinski definition) is 0. The molecule has 1 heteroatoms. The lowest BCUT2D eigenvalue weighted by atomic mass is 9.88. The molecule has 10 heavy (non-hydrogen) atoms. The summed E-state index contributed by atoms with van der Waals surface area (Å²) in [6.07, 6.45) is 3.10. The summed E-state index contributed by atoms with van der Waals surface area (Å²) in [6.45, 7) is 5.73. The highest BCUT2D eigenvalue weighted by Crippen LogP contribution is 2.26. The summed E-state index contributed by atoms with van der Waals surface area (Å²) in [5.41, 5.74) is 1.98. The van der Waals surface area contributed by atoms with E-state index in [0.717, 1.165) is 11.1 Å². The Balaban J connectivity index is 2.86. The lowest BCUT2D eigenvalue weighted by molar-refractivity contribution is 0.307. The molecule has 56 valence electrons. The van der Waals surface area contributed by atoms with E-state index in [1.807, 2.05) is 32.9 Å². The first-order chi connectivity index (χ1) is 4.63. The lowest BCUT2D eigenvalue weighted by Crippen LogP contribution is -2.17. The average molecular weight is 140 g/mol. The number of hydrogen-bond donors (Lipinski definition) is 0. The summed E-state index contributed by atoms with van der Waals surface area (Å²) in [5, 5.41) is 0. The molecule has 1 aliphatic carbocycles. The second-order valence-corrected chi connectivity index (χ2v) is 3.01. The highest BCUT2D eigenvalue weighted by molar-refractivity contribution is 5.27. The first-order valence-corrected chi connectivity index (χ1v) is 3.62. The molecule has 0 aromatic heterocycles. The largest absolute Gasteiger partial charge is 0.242 e. The normalized spacial score (nSPS) is 33.2. The maximum absolute atomic E-state index is 13.1. The van der Waals surface area contributed by atoms with Crippen molar-refractivity contribution in [3.63, 3.8) is 0 Å².